The van der Waals surface area contributed by atoms with Gasteiger partial charge in [0.05, 0.1) is 17.8 Å². The van der Waals surface area contributed by atoms with E-state index in [4.69, 9.17) is 4.74 Å². The first-order valence-electron chi connectivity index (χ1n) is 7.09. The number of rotatable bonds is 5. The van der Waals surface area contributed by atoms with Crippen LogP contribution in [0.5, 0.6) is 5.75 Å². The van der Waals surface area contributed by atoms with Gasteiger partial charge >= 0.3 is 5.97 Å². The van der Waals surface area contributed by atoms with Gasteiger partial charge in [0, 0.05) is 17.5 Å². The van der Waals surface area contributed by atoms with Gasteiger partial charge in [-0.15, -0.1) is 11.3 Å². The molecule has 0 bridgehead atoms. The summed E-state index contributed by atoms with van der Waals surface area (Å²) in [6, 6.07) is 17.1. The summed E-state index contributed by atoms with van der Waals surface area (Å²) in [6.45, 7) is 0. The Morgan fingerprint density at radius 2 is 1.83 bits per heavy atom. The molecule has 23 heavy (non-hydrogen) atoms. The second-order valence-corrected chi connectivity index (χ2v) is 6.03. The summed E-state index contributed by atoms with van der Waals surface area (Å²) in [6.07, 6.45) is 0.543. The van der Waals surface area contributed by atoms with Crippen LogP contribution in [0.3, 0.4) is 0 Å². The molecule has 0 atom stereocenters. The molecule has 4 nitrogen and oxygen atoms in total. The van der Waals surface area contributed by atoms with Crippen molar-refractivity contribution in [2.75, 3.05) is 7.11 Å². The zero-order chi connectivity index (χ0) is 16.2. The van der Waals surface area contributed by atoms with Gasteiger partial charge in [0.2, 0.25) is 0 Å². The molecule has 0 aliphatic heterocycles. The molecule has 0 spiro atoms. The number of aromatic carboxylic acids is 1. The fraction of sp³-hybridized carbons (Fsp3) is 0.111. The van der Waals surface area contributed by atoms with Crippen LogP contribution in [-0.2, 0) is 6.42 Å². The predicted octanol–water partition coefficient (Wildman–Crippen LogP) is 4.11. The lowest BCUT2D eigenvalue weighted by Crippen LogP contribution is -1.95. The van der Waals surface area contributed by atoms with Gasteiger partial charge in [0.25, 0.3) is 0 Å². The first-order chi connectivity index (χ1) is 11.2. The van der Waals surface area contributed by atoms with E-state index < -0.39 is 5.97 Å². The second kappa shape index (κ2) is 6.62. The third-order valence-corrected chi connectivity index (χ3v) is 4.49. The first-order valence-corrected chi connectivity index (χ1v) is 7.91. The monoisotopic (exact) mass is 325 g/mol. The minimum Gasteiger partial charge on any atom is -0.496 e. The zero-order valence-corrected chi connectivity index (χ0v) is 13.3. The molecule has 0 amide bonds. The number of aromatic nitrogens is 1. The van der Waals surface area contributed by atoms with Gasteiger partial charge in [-0.25, -0.2) is 9.78 Å². The summed E-state index contributed by atoms with van der Waals surface area (Å²) in [5.41, 5.74) is 2.32. The third kappa shape index (κ3) is 3.24. The highest BCUT2D eigenvalue weighted by molar-refractivity contribution is 7.14. The fourth-order valence-electron chi connectivity index (χ4n) is 2.39. The summed E-state index contributed by atoms with van der Waals surface area (Å²) < 4.78 is 5.35. The van der Waals surface area contributed by atoms with E-state index in [1.807, 2.05) is 54.6 Å². The summed E-state index contributed by atoms with van der Waals surface area (Å²) in [5, 5.41) is 10.2. The smallest absolute Gasteiger partial charge is 0.348 e. The molecule has 0 aliphatic rings. The van der Waals surface area contributed by atoms with E-state index in [0.29, 0.717) is 12.1 Å². The molecule has 0 unspecified atom stereocenters. The van der Waals surface area contributed by atoms with Crippen molar-refractivity contribution in [3.05, 3.63) is 70.0 Å². The molecule has 1 aromatic heterocycles. The van der Waals surface area contributed by atoms with Crippen molar-refractivity contribution in [1.82, 2.24) is 4.98 Å². The van der Waals surface area contributed by atoms with Gasteiger partial charge in [-0.3, -0.25) is 0 Å². The number of thiazole rings is 1. The Labute approximate surface area is 138 Å². The highest BCUT2D eigenvalue weighted by atomic mass is 32.1. The van der Waals surface area contributed by atoms with Crippen LogP contribution in [0.25, 0.3) is 11.3 Å². The van der Waals surface area contributed by atoms with Gasteiger partial charge in [-0.2, -0.15) is 0 Å². The molecule has 116 valence electrons. The van der Waals surface area contributed by atoms with E-state index in [0.717, 1.165) is 21.9 Å². The largest absolute Gasteiger partial charge is 0.496 e. The second-order valence-electron chi connectivity index (χ2n) is 4.95. The minimum atomic E-state index is -0.951. The molecular formula is C18H15NO3S. The number of benzene rings is 2. The van der Waals surface area contributed by atoms with Crippen LogP contribution in [0, 0.1) is 0 Å². The maximum Gasteiger partial charge on any atom is 0.348 e. The van der Waals surface area contributed by atoms with Crippen molar-refractivity contribution in [2.24, 2.45) is 0 Å². The number of hydrogen-bond donors (Lipinski definition) is 1. The van der Waals surface area contributed by atoms with Crippen LogP contribution in [0.15, 0.2) is 54.6 Å². The molecule has 5 heteroatoms. The quantitative estimate of drug-likeness (QED) is 0.767. The van der Waals surface area contributed by atoms with Crippen molar-refractivity contribution in [3.63, 3.8) is 0 Å². The molecule has 1 heterocycles. The molecule has 1 N–H and O–H groups in total. The Morgan fingerprint density at radius 3 is 2.52 bits per heavy atom. The Hall–Kier alpha value is -2.66. The molecule has 0 aliphatic carbocycles. The van der Waals surface area contributed by atoms with Crippen molar-refractivity contribution in [1.29, 1.82) is 0 Å². The predicted molar refractivity (Wildman–Crippen MR) is 90.3 cm³/mol. The van der Waals surface area contributed by atoms with E-state index >= 15 is 0 Å². The number of para-hydroxylation sites is 1. The standard InChI is InChI=1S/C18H15NO3S/c1-22-14-10-6-5-9-13(14)11-15-19-16(17(23-15)18(20)21)12-7-3-2-4-8-12/h2-10H,11H2,1H3,(H,20,21). The van der Waals surface area contributed by atoms with Gasteiger partial charge in [0.15, 0.2) is 0 Å². The van der Waals surface area contributed by atoms with Crippen molar-refractivity contribution < 1.29 is 14.6 Å². The number of hydrogen-bond acceptors (Lipinski definition) is 4. The van der Waals surface area contributed by atoms with E-state index in [1.54, 1.807) is 7.11 Å². The van der Waals surface area contributed by atoms with E-state index in [1.165, 1.54) is 11.3 Å². The van der Waals surface area contributed by atoms with Crippen LogP contribution in [0.1, 0.15) is 20.2 Å². The molecule has 0 saturated carbocycles. The summed E-state index contributed by atoms with van der Waals surface area (Å²) >= 11 is 1.21. The van der Waals surface area contributed by atoms with Crippen LogP contribution in [0.2, 0.25) is 0 Å². The Balaban J connectivity index is 2.00. The van der Waals surface area contributed by atoms with Gasteiger partial charge in [-0.1, -0.05) is 48.5 Å². The van der Waals surface area contributed by atoms with Crippen LogP contribution >= 0.6 is 11.3 Å². The van der Waals surface area contributed by atoms with Crippen LogP contribution in [-0.4, -0.2) is 23.2 Å². The number of nitrogens with zero attached hydrogens (tertiary/aromatic N) is 1. The van der Waals surface area contributed by atoms with Gasteiger partial charge in [-0.05, 0) is 6.07 Å². The molecular weight excluding hydrogens is 310 g/mol. The van der Waals surface area contributed by atoms with Gasteiger partial charge < -0.3 is 9.84 Å². The van der Waals surface area contributed by atoms with E-state index in [-0.39, 0.29) is 4.88 Å². The number of ether oxygens (including phenoxy) is 1. The van der Waals surface area contributed by atoms with Crippen LogP contribution < -0.4 is 4.74 Å². The zero-order valence-electron chi connectivity index (χ0n) is 12.5. The molecule has 2 aromatic carbocycles. The summed E-state index contributed by atoms with van der Waals surface area (Å²) in [4.78, 5) is 16.3. The topological polar surface area (TPSA) is 59.4 Å². The summed E-state index contributed by atoms with van der Waals surface area (Å²) in [7, 11) is 1.62. The first kappa shape index (κ1) is 15.2. The molecule has 3 aromatic rings. The lowest BCUT2D eigenvalue weighted by Gasteiger charge is -2.05. The number of carbonyl (C=O) groups is 1. The van der Waals surface area contributed by atoms with Crippen molar-refractivity contribution in [3.8, 4) is 17.0 Å². The normalized spacial score (nSPS) is 10.5. The van der Waals surface area contributed by atoms with Crippen molar-refractivity contribution in [2.45, 2.75) is 6.42 Å². The highest BCUT2D eigenvalue weighted by Gasteiger charge is 2.19. The highest BCUT2D eigenvalue weighted by Crippen LogP contribution is 2.31. The average molecular weight is 325 g/mol. The lowest BCUT2D eigenvalue weighted by molar-refractivity contribution is 0.0702. The van der Waals surface area contributed by atoms with E-state index in [2.05, 4.69) is 4.98 Å². The third-order valence-electron chi connectivity index (χ3n) is 3.45. The number of carboxylic acid groups (broad SMARTS) is 1. The maximum absolute atomic E-state index is 11.5. The number of methoxy groups -OCH3 is 1. The van der Waals surface area contributed by atoms with Crippen molar-refractivity contribution >= 4 is 17.3 Å². The Bertz CT molecular complexity index is 827. The lowest BCUT2D eigenvalue weighted by atomic mass is 10.1. The number of carboxylic acids is 1. The maximum atomic E-state index is 11.5. The van der Waals surface area contributed by atoms with Gasteiger partial charge in [0.1, 0.15) is 10.6 Å². The minimum absolute atomic E-state index is 0.265. The Morgan fingerprint density at radius 1 is 1.13 bits per heavy atom. The average Bonchev–Trinajstić information content (AvgIpc) is 3.00. The molecule has 0 saturated heterocycles. The summed E-state index contributed by atoms with van der Waals surface area (Å²) in [5.74, 6) is -0.173. The van der Waals surface area contributed by atoms with Crippen LogP contribution in [0.4, 0.5) is 0 Å². The molecule has 0 fully saturated rings. The SMILES string of the molecule is COc1ccccc1Cc1nc(-c2ccccc2)c(C(=O)O)s1. The molecule has 3 rings (SSSR count). The Kier molecular flexibility index (Phi) is 4.39. The van der Waals surface area contributed by atoms with E-state index in [9.17, 15) is 9.90 Å². The molecule has 0 radical (unpaired) electrons. The fourth-order valence-corrected chi connectivity index (χ4v) is 3.34.